The molecule has 1 unspecified atom stereocenters. The van der Waals surface area contributed by atoms with Gasteiger partial charge in [0.15, 0.2) is 0 Å². The summed E-state index contributed by atoms with van der Waals surface area (Å²) >= 11 is 0. The molecule has 0 bridgehead atoms. The third-order valence-electron chi connectivity index (χ3n) is 2.56. The van der Waals surface area contributed by atoms with Crippen LogP contribution < -0.4 is 0 Å². The highest BCUT2D eigenvalue weighted by Gasteiger charge is 2.38. The van der Waals surface area contributed by atoms with Crippen LogP contribution in [0.4, 0.5) is 3.89 Å². The first-order valence-electron chi connectivity index (χ1n) is 4.92. The Bertz CT molecular complexity index is 520. The molecule has 2 heterocycles. The van der Waals surface area contributed by atoms with Crippen molar-refractivity contribution in [3.05, 3.63) is 24.3 Å². The highest BCUT2D eigenvalue weighted by atomic mass is 32.3. The summed E-state index contributed by atoms with van der Waals surface area (Å²) in [6.07, 6.45) is 4.10. The molecule has 1 fully saturated rings. The average molecular weight is 259 g/mol. The molecule has 6 nitrogen and oxygen atoms in total. The van der Waals surface area contributed by atoms with Crippen molar-refractivity contribution in [1.29, 1.82) is 0 Å². The lowest BCUT2D eigenvalue weighted by Crippen LogP contribution is -2.26. The molecule has 0 aromatic carbocycles. The maximum absolute atomic E-state index is 12.7. The van der Waals surface area contributed by atoms with Gasteiger partial charge in [-0.1, -0.05) is 0 Å². The minimum absolute atomic E-state index is 0.118. The normalized spacial score (nSPS) is 20.9. The Kier molecular flexibility index (Phi) is 3.05. The van der Waals surface area contributed by atoms with Gasteiger partial charge in [-0.15, -0.1) is 3.89 Å². The summed E-state index contributed by atoms with van der Waals surface area (Å²) in [5.41, 5.74) is 0.678. The monoisotopic (exact) mass is 259 g/mol. The number of halogens is 1. The van der Waals surface area contributed by atoms with Crippen molar-refractivity contribution in [2.45, 2.75) is 18.2 Å². The molecule has 0 aliphatic carbocycles. The molecule has 1 aliphatic heterocycles. The molecule has 0 saturated carbocycles. The van der Waals surface area contributed by atoms with Gasteiger partial charge in [0, 0.05) is 37.5 Å². The van der Waals surface area contributed by atoms with Crippen LogP contribution in [0.2, 0.25) is 0 Å². The van der Waals surface area contributed by atoms with Crippen molar-refractivity contribution in [2.75, 3.05) is 6.54 Å². The highest BCUT2D eigenvalue weighted by Crippen LogP contribution is 2.21. The minimum Gasteiger partial charge on any atom is -0.337 e. The van der Waals surface area contributed by atoms with E-state index in [1.54, 1.807) is 0 Å². The third kappa shape index (κ3) is 2.76. The van der Waals surface area contributed by atoms with E-state index in [0.717, 1.165) is 0 Å². The first kappa shape index (κ1) is 11.9. The number of rotatable bonds is 3. The number of likely N-dealkylation sites (tertiary alicyclic amines) is 1. The molecule has 1 aromatic rings. The highest BCUT2D eigenvalue weighted by molar-refractivity contribution is 7.87. The zero-order valence-corrected chi connectivity index (χ0v) is 9.60. The Morgan fingerprint density at radius 3 is 2.59 bits per heavy atom. The second kappa shape index (κ2) is 4.36. The van der Waals surface area contributed by atoms with Gasteiger partial charge in [0.2, 0.25) is 5.91 Å². The number of nitrogens with zero attached hydrogens (tertiary/aromatic N) is 3. The maximum Gasteiger partial charge on any atom is 0.307 e. The largest absolute Gasteiger partial charge is 0.337 e. The van der Waals surface area contributed by atoms with E-state index in [0.29, 0.717) is 5.56 Å². The second-order valence-electron chi connectivity index (χ2n) is 3.82. The SMILES string of the molecule is O=C1CC(S(=O)(=O)F)CN1Cc1cncnc1. The van der Waals surface area contributed by atoms with Crippen molar-refractivity contribution in [3.63, 3.8) is 0 Å². The Morgan fingerprint density at radius 2 is 2.06 bits per heavy atom. The van der Waals surface area contributed by atoms with E-state index < -0.39 is 15.5 Å². The Labute approximate surface area is 97.7 Å². The van der Waals surface area contributed by atoms with Crippen LogP contribution in [0.1, 0.15) is 12.0 Å². The van der Waals surface area contributed by atoms with Gasteiger partial charge in [0.05, 0.1) is 0 Å². The van der Waals surface area contributed by atoms with Crippen molar-refractivity contribution >= 4 is 16.1 Å². The molecule has 2 rings (SSSR count). The zero-order valence-electron chi connectivity index (χ0n) is 8.78. The van der Waals surface area contributed by atoms with Gasteiger partial charge in [-0.2, -0.15) is 8.42 Å². The number of carbonyl (C=O) groups is 1. The van der Waals surface area contributed by atoms with Gasteiger partial charge in [-0.05, 0) is 0 Å². The molecule has 1 saturated heterocycles. The third-order valence-corrected chi connectivity index (χ3v) is 3.68. The molecule has 1 amide bonds. The zero-order chi connectivity index (χ0) is 12.5. The van der Waals surface area contributed by atoms with Crippen LogP contribution in [0.5, 0.6) is 0 Å². The van der Waals surface area contributed by atoms with Crippen LogP contribution in [-0.4, -0.2) is 41.0 Å². The summed E-state index contributed by atoms with van der Waals surface area (Å²) in [6, 6.07) is 0. The van der Waals surface area contributed by atoms with Gasteiger partial charge >= 0.3 is 10.2 Å². The molecular formula is C9H10FN3O3S. The number of hydrogen-bond donors (Lipinski definition) is 0. The number of hydrogen-bond acceptors (Lipinski definition) is 5. The van der Waals surface area contributed by atoms with Crippen molar-refractivity contribution in [1.82, 2.24) is 14.9 Å². The molecule has 0 radical (unpaired) electrons. The fraction of sp³-hybridized carbons (Fsp3) is 0.444. The molecule has 92 valence electrons. The van der Waals surface area contributed by atoms with E-state index in [4.69, 9.17) is 0 Å². The van der Waals surface area contributed by atoms with Crippen molar-refractivity contribution in [3.8, 4) is 0 Å². The minimum atomic E-state index is -4.65. The van der Waals surface area contributed by atoms with E-state index >= 15 is 0 Å². The number of carbonyl (C=O) groups excluding carboxylic acids is 1. The van der Waals surface area contributed by atoms with Crippen LogP contribution in [-0.2, 0) is 21.6 Å². The van der Waals surface area contributed by atoms with Gasteiger partial charge in [-0.25, -0.2) is 9.97 Å². The molecule has 1 aliphatic rings. The van der Waals surface area contributed by atoms with Crippen molar-refractivity contribution in [2.24, 2.45) is 0 Å². The van der Waals surface area contributed by atoms with Crippen molar-refractivity contribution < 1.29 is 17.1 Å². The summed E-state index contributed by atoms with van der Waals surface area (Å²) in [7, 11) is -4.65. The summed E-state index contributed by atoms with van der Waals surface area (Å²) in [5.74, 6) is -0.375. The second-order valence-corrected chi connectivity index (χ2v) is 5.44. The summed E-state index contributed by atoms with van der Waals surface area (Å²) < 4.78 is 34.2. The molecule has 0 spiro atoms. The predicted molar refractivity (Wildman–Crippen MR) is 55.9 cm³/mol. The molecule has 17 heavy (non-hydrogen) atoms. The lowest BCUT2D eigenvalue weighted by Gasteiger charge is -2.15. The molecule has 1 atom stereocenters. The van der Waals surface area contributed by atoms with Crippen LogP contribution in [0, 0.1) is 0 Å². The first-order chi connectivity index (χ1) is 7.97. The summed E-state index contributed by atoms with van der Waals surface area (Å²) in [6.45, 7) is 0.0816. The predicted octanol–water partition coefficient (Wildman–Crippen LogP) is -0.123. The smallest absolute Gasteiger partial charge is 0.307 e. The van der Waals surface area contributed by atoms with Crippen LogP contribution in [0.15, 0.2) is 18.7 Å². The molecule has 8 heteroatoms. The lowest BCUT2D eigenvalue weighted by atomic mass is 10.3. The first-order valence-corrected chi connectivity index (χ1v) is 6.36. The van der Waals surface area contributed by atoms with Gasteiger partial charge < -0.3 is 4.90 Å². The fourth-order valence-electron chi connectivity index (χ4n) is 1.71. The van der Waals surface area contributed by atoms with Gasteiger partial charge in [0.1, 0.15) is 11.6 Å². The van der Waals surface area contributed by atoms with E-state index in [1.807, 2.05) is 0 Å². The van der Waals surface area contributed by atoms with Crippen LogP contribution in [0.25, 0.3) is 0 Å². The van der Waals surface area contributed by atoms with E-state index in [-0.39, 0.29) is 25.4 Å². The summed E-state index contributed by atoms with van der Waals surface area (Å²) in [4.78, 5) is 20.3. The molecule has 0 N–H and O–H groups in total. The van der Waals surface area contributed by atoms with Crippen LogP contribution >= 0.6 is 0 Å². The van der Waals surface area contributed by atoms with E-state index in [1.165, 1.54) is 23.6 Å². The Morgan fingerprint density at radius 1 is 1.41 bits per heavy atom. The van der Waals surface area contributed by atoms with E-state index in [9.17, 15) is 17.1 Å². The standard InChI is InChI=1S/C9H10FN3O3S/c10-17(15,16)8-1-9(14)13(5-8)4-7-2-11-6-12-3-7/h2-3,6,8H,1,4-5H2. The fourth-order valence-corrected chi connectivity index (χ4v) is 2.41. The van der Waals surface area contributed by atoms with Crippen LogP contribution in [0.3, 0.4) is 0 Å². The molecule has 1 aromatic heterocycles. The topological polar surface area (TPSA) is 80.2 Å². The number of aromatic nitrogens is 2. The quantitative estimate of drug-likeness (QED) is 0.707. The Balaban J connectivity index is 2.07. The summed E-state index contributed by atoms with van der Waals surface area (Å²) in [5, 5.41) is -1.25. The number of amides is 1. The average Bonchev–Trinajstić information content (AvgIpc) is 2.62. The maximum atomic E-state index is 12.7. The van der Waals surface area contributed by atoms with Gasteiger partial charge in [0.25, 0.3) is 0 Å². The van der Waals surface area contributed by atoms with E-state index in [2.05, 4.69) is 9.97 Å². The van der Waals surface area contributed by atoms with Gasteiger partial charge in [-0.3, -0.25) is 4.79 Å². The molecular weight excluding hydrogens is 249 g/mol. The lowest BCUT2D eigenvalue weighted by molar-refractivity contribution is -0.128. The Hall–Kier alpha value is -1.57.